The summed E-state index contributed by atoms with van der Waals surface area (Å²) in [4.78, 5) is 7.74. The van der Waals surface area contributed by atoms with Crippen LogP contribution in [0.25, 0.3) is 11.3 Å². The number of hydrogen-bond acceptors (Lipinski definition) is 3. The molecule has 1 aromatic heterocycles. The van der Waals surface area contributed by atoms with Crippen LogP contribution in [-0.4, -0.2) is 22.6 Å². The predicted molar refractivity (Wildman–Crippen MR) is 104 cm³/mol. The zero-order valence-corrected chi connectivity index (χ0v) is 15.2. The Hall–Kier alpha value is -2.24. The second-order valence-electron chi connectivity index (χ2n) is 6.87. The zero-order valence-electron chi connectivity index (χ0n) is 15.2. The third kappa shape index (κ3) is 4.90. The van der Waals surface area contributed by atoms with Crippen molar-refractivity contribution >= 4 is 0 Å². The van der Waals surface area contributed by atoms with Gasteiger partial charge in [0.1, 0.15) is 11.6 Å². The van der Waals surface area contributed by atoms with Crippen molar-refractivity contribution in [2.45, 2.75) is 38.3 Å². The van der Waals surface area contributed by atoms with Crippen LogP contribution >= 0.6 is 0 Å². The van der Waals surface area contributed by atoms with Gasteiger partial charge in [-0.1, -0.05) is 31.2 Å². The highest BCUT2D eigenvalue weighted by molar-refractivity contribution is 5.58. The molecule has 0 spiro atoms. The number of nitrogens with zero attached hydrogens (tertiary/aromatic N) is 1. The lowest BCUT2D eigenvalue weighted by Crippen LogP contribution is -2.32. The summed E-state index contributed by atoms with van der Waals surface area (Å²) < 4.78 is 13.1. The van der Waals surface area contributed by atoms with Crippen LogP contribution in [0, 0.1) is 11.7 Å². The van der Waals surface area contributed by atoms with Crippen molar-refractivity contribution < 1.29 is 4.39 Å². The second kappa shape index (κ2) is 8.92. The van der Waals surface area contributed by atoms with Crippen molar-refractivity contribution in [1.29, 1.82) is 0 Å². The molecule has 2 heterocycles. The summed E-state index contributed by atoms with van der Waals surface area (Å²) in [7, 11) is 0. The zero-order chi connectivity index (χ0) is 18.4. The summed E-state index contributed by atoms with van der Waals surface area (Å²) in [5.41, 5.74) is 8.18. The number of halogens is 1. The van der Waals surface area contributed by atoms with Gasteiger partial charge >= 0.3 is 0 Å². The SMILES string of the molecule is CCC1C=CC=CCC(CC(N)c2ncc(-c3ccc(F)cc3)[nH]2)CN1. The van der Waals surface area contributed by atoms with Gasteiger partial charge in [-0.25, -0.2) is 9.37 Å². The number of benzene rings is 1. The maximum Gasteiger partial charge on any atom is 0.123 e. The highest BCUT2D eigenvalue weighted by Gasteiger charge is 2.18. The molecule has 3 atom stereocenters. The second-order valence-corrected chi connectivity index (χ2v) is 6.87. The molecule has 4 nitrogen and oxygen atoms in total. The minimum Gasteiger partial charge on any atom is -0.341 e. The minimum atomic E-state index is -0.245. The van der Waals surface area contributed by atoms with Crippen LogP contribution in [0.1, 0.15) is 38.1 Å². The number of aromatic nitrogens is 2. The van der Waals surface area contributed by atoms with Crippen LogP contribution < -0.4 is 11.1 Å². The molecule has 0 aliphatic carbocycles. The molecule has 5 heteroatoms. The Morgan fingerprint density at radius 1 is 1.27 bits per heavy atom. The summed E-state index contributed by atoms with van der Waals surface area (Å²) in [6, 6.07) is 6.63. The first-order valence-corrected chi connectivity index (χ1v) is 9.28. The number of H-pyrrole nitrogens is 1. The maximum atomic E-state index is 13.1. The Morgan fingerprint density at radius 3 is 2.85 bits per heavy atom. The molecule has 1 aromatic carbocycles. The summed E-state index contributed by atoms with van der Waals surface area (Å²) in [5, 5.41) is 3.61. The van der Waals surface area contributed by atoms with E-state index in [-0.39, 0.29) is 11.9 Å². The number of hydrogen-bond donors (Lipinski definition) is 3. The lowest BCUT2D eigenvalue weighted by Gasteiger charge is -2.21. The first-order chi connectivity index (χ1) is 12.7. The molecule has 0 saturated heterocycles. The van der Waals surface area contributed by atoms with E-state index in [1.807, 2.05) is 0 Å². The van der Waals surface area contributed by atoms with Crippen LogP contribution in [0.4, 0.5) is 4.39 Å². The molecule has 0 radical (unpaired) electrons. The molecule has 138 valence electrons. The first kappa shape index (κ1) is 18.5. The molecule has 0 saturated carbocycles. The van der Waals surface area contributed by atoms with Gasteiger partial charge in [0, 0.05) is 6.04 Å². The van der Waals surface area contributed by atoms with Crippen LogP contribution in [0.3, 0.4) is 0 Å². The van der Waals surface area contributed by atoms with E-state index < -0.39 is 0 Å². The number of nitrogens with one attached hydrogen (secondary N) is 2. The van der Waals surface area contributed by atoms with Gasteiger partial charge in [0.25, 0.3) is 0 Å². The quantitative estimate of drug-likeness (QED) is 0.757. The van der Waals surface area contributed by atoms with Crippen LogP contribution in [0.15, 0.2) is 54.8 Å². The number of imidazole rings is 1. The van der Waals surface area contributed by atoms with Crippen LogP contribution in [0.2, 0.25) is 0 Å². The topological polar surface area (TPSA) is 66.7 Å². The van der Waals surface area contributed by atoms with Gasteiger partial charge in [0.05, 0.1) is 17.9 Å². The lowest BCUT2D eigenvalue weighted by atomic mass is 9.96. The Morgan fingerprint density at radius 2 is 2.08 bits per heavy atom. The fraction of sp³-hybridized carbons (Fsp3) is 0.381. The van der Waals surface area contributed by atoms with E-state index in [9.17, 15) is 4.39 Å². The summed E-state index contributed by atoms with van der Waals surface area (Å²) >= 11 is 0. The van der Waals surface area contributed by atoms with Crippen molar-refractivity contribution in [1.82, 2.24) is 15.3 Å². The van der Waals surface area contributed by atoms with E-state index in [0.717, 1.165) is 42.9 Å². The molecule has 3 unspecified atom stereocenters. The molecule has 0 bridgehead atoms. The fourth-order valence-corrected chi connectivity index (χ4v) is 3.25. The smallest absolute Gasteiger partial charge is 0.123 e. The first-order valence-electron chi connectivity index (χ1n) is 9.28. The maximum absolute atomic E-state index is 13.1. The van der Waals surface area contributed by atoms with Crippen molar-refractivity contribution in [3.05, 3.63) is 66.4 Å². The third-order valence-corrected chi connectivity index (χ3v) is 4.86. The minimum absolute atomic E-state index is 0.154. The van der Waals surface area contributed by atoms with Crippen molar-refractivity contribution in [2.75, 3.05) is 6.54 Å². The van der Waals surface area contributed by atoms with Crippen molar-refractivity contribution in [2.24, 2.45) is 11.7 Å². The number of nitrogens with two attached hydrogens (primary N) is 1. The van der Waals surface area contributed by atoms with E-state index >= 15 is 0 Å². The molecule has 1 aliphatic rings. The largest absolute Gasteiger partial charge is 0.341 e. The Kier molecular flexibility index (Phi) is 6.36. The van der Waals surface area contributed by atoms with E-state index in [0.29, 0.717) is 12.0 Å². The average molecular weight is 354 g/mol. The van der Waals surface area contributed by atoms with E-state index in [1.54, 1.807) is 18.3 Å². The summed E-state index contributed by atoms with van der Waals surface area (Å²) in [5.74, 6) is 0.985. The van der Waals surface area contributed by atoms with Gasteiger partial charge < -0.3 is 16.0 Å². The molecular formula is C21H27FN4. The van der Waals surface area contributed by atoms with Crippen molar-refractivity contribution in [3.63, 3.8) is 0 Å². The van der Waals surface area contributed by atoms with Gasteiger partial charge in [0.2, 0.25) is 0 Å². The highest BCUT2D eigenvalue weighted by atomic mass is 19.1. The number of allylic oxidation sites excluding steroid dienone is 3. The van der Waals surface area contributed by atoms with E-state index in [4.69, 9.17) is 5.73 Å². The summed E-state index contributed by atoms with van der Waals surface area (Å²) in [6.07, 6.45) is 13.3. The number of rotatable bonds is 5. The molecule has 0 amide bonds. The monoisotopic (exact) mass is 354 g/mol. The van der Waals surface area contributed by atoms with Gasteiger partial charge in [-0.2, -0.15) is 0 Å². The Labute approximate surface area is 154 Å². The Balaban J connectivity index is 1.64. The molecule has 0 fully saturated rings. The summed E-state index contributed by atoms with van der Waals surface area (Å²) in [6.45, 7) is 3.12. The Bertz CT molecular complexity index is 748. The molecule has 3 rings (SSSR count). The number of aromatic amines is 1. The molecule has 2 aromatic rings. The molecule has 26 heavy (non-hydrogen) atoms. The predicted octanol–water partition coefficient (Wildman–Crippen LogP) is 4.11. The van der Waals surface area contributed by atoms with E-state index in [1.165, 1.54) is 12.1 Å². The van der Waals surface area contributed by atoms with E-state index in [2.05, 4.69) is 46.5 Å². The standard InChI is InChI=1S/C21H27FN4/c1-2-18-7-5-3-4-6-15(13-24-18)12-19(23)21-25-14-20(26-21)16-8-10-17(22)11-9-16/h3-5,7-11,14-15,18-19,24H,2,6,12-13,23H2,1H3,(H,25,26). The molecule has 4 N–H and O–H groups in total. The van der Waals surface area contributed by atoms with Crippen molar-refractivity contribution in [3.8, 4) is 11.3 Å². The normalized spacial score (nSPS) is 21.8. The third-order valence-electron chi connectivity index (χ3n) is 4.86. The van der Waals surface area contributed by atoms with Gasteiger partial charge in [-0.05, 0) is 61.6 Å². The van der Waals surface area contributed by atoms with Gasteiger partial charge in [0.15, 0.2) is 0 Å². The van der Waals surface area contributed by atoms with Gasteiger partial charge in [-0.15, -0.1) is 0 Å². The molecule has 1 aliphatic heterocycles. The van der Waals surface area contributed by atoms with Crippen LogP contribution in [0.5, 0.6) is 0 Å². The average Bonchev–Trinajstić information content (AvgIpc) is 3.16. The fourth-order valence-electron chi connectivity index (χ4n) is 3.25. The lowest BCUT2D eigenvalue weighted by molar-refractivity contribution is 0.393. The van der Waals surface area contributed by atoms with Crippen LogP contribution in [-0.2, 0) is 0 Å². The molecular weight excluding hydrogens is 327 g/mol. The van der Waals surface area contributed by atoms with Gasteiger partial charge in [-0.3, -0.25) is 0 Å². The highest BCUT2D eigenvalue weighted by Crippen LogP contribution is 2.23.